The van der Waals surface area contributed by atoms with Crippen molar-refractivity contribution in [3.05, 3.63) is 44.1 Å². The van der Waals surface area contributed by atoms with Crippen molar-refractivity contribution in [3.8, 4) is 0 Å². The molecule has 7 nitrogen and oxygen atoms in total. The van der Waals surface area contributed by atoms with Gasteiger partial charge in [0.1, 0.15) is 11.5 Å². The first-order valence-corrected chi connectivity index (χ1v) is 9.62. The molecule has 0 aliphatic carbocycles. The van der Waals surface area contributed by atoms with Crippen LogP contribution in [-0.2, 0) is 23.8 Å². The molecule has 0 bridgehead atoms. The van der Waals surface area contributed by atoms with Gasteiger partial charge in [0.05, 0.1) is 28.3 Å². The monoisotopic (exact) mass is 411 g/mol. The largest absolute Gasteiger partial charge is 0.513 e. The van der Waals surface area contributed by atoms with E-state index in [9.17, 15) is 14.4 Å². The Morgan fingerprint density at radius 1 is 1.37 bits per heavy atom. The standard InChI is InChI=1S/C18H18ClNO6S/c1-5-20-9(4)14(25-18(23)24-8(2)3)12(15-10(19)6-7-27-15)11-13(20)17(22)26-16(11)21/h6-8,12H,5H2,1-4H3. The van der Waals surface area contributed by atoms with Crippen molar-refractivity contribution >= 4 is 41.0 Å². The number of cyclic esters (lactones) is 2. The summed E-state index contributed by atoms with van der Waals surface area (Å²) in [6.45, 7) is 7.29. The molecule has 0 fully saturated rings. The number of halogens is 1. The van der Waals surface area contributed by atoms with Crippen LogP contribution in [0.4, 0.5) is 4.79 Å². The molecule has 0 aromatic carbocycles. The van der Waals surface area contributed by atoms with Crippen LogP contribution in [0.3, 0.4) is 0 Å². The van der Waals surface area contributed by atoms with Gasteiger partial charge < -0.3 is 19.1 Å². The van der Waals surface area contributed by atoms with Gasteiger partial charge in [0.25, 0.3) is 0 Å². The third-order valence-corrected chi connectivity index (χ3v) is 5.61. The van der Waals surface area contributed by atoms with E-state index in [1.165, 1.54) is 11.3 Å². The molecule has 0 spiro atoms. The predicted octanol–water partition coefficient (Wildman–Crippen LogP) is 3.95. The number of nitrogens with zero attached hydrogens (tertiary/aromatic N) is 1. The first kappa shape index (κ1) is 19.4. The highest BCUT2D eigenvalue weighted by molar-refractivity contribution is 7.10. The molecule has 1 atom stereocenters. The molecule has 0 saturated heterocycles. The number of thiophene rings is 1. The molecule has 0 radical (unpaired) electrons. The van der Waals surface area contributed by atoms with E-state index in [1.54, 1.807) is 37.1 Å². The number of carbonyl (C=O) groups is 3. The van der Waals surface area contributed by atoms with Crippen molar-refractivity contribution in [2.75, 3.05) is 6.54 Å². The molecule has 2 aliphatic heterocycles. The highest BCUT2D eigenvalue weighted by Crippen LogP contribution is 2.48. The van der Waals surface area contributed by atoms with Crippen LogP contribution >= 0.6 is 22.9 Å². The van der Waals surface area contributed by atoms with Gasteiger partial charge >= 0.3 is 18.1 Å². The zero-order chi connectivity index (χ0) is 19.9. The fourth-order valence-electron chi connectivity index (χ4n) is 3.14. The van der Waals surface area contributed by atoms with E-state index >= 15 is 0 Å². The van der Waals surface area contributed by atoms with Crippen LogP contribution in [-0.4, -0.2) is 35.6 Å². The quantitative estimate of drug-likeness (QED) is 0.548. The summed E-state index contributed by atoms with van der Waals surface area (Å²) in [5, 5.41) is 2.16. The van der Waals surface area contributed by atoms with Crippen LogP contribution < -0.4 is 0 Å². The minimum atomic E-state index is -0.894. The molecule has 0 saturated carbocycles. The average molecular weight is 412 g/mol. The van der Waals surface area contributed by atoms with Crippen molar-refractivity contribution in [3.63, 3.8) is 0 Å². The lowest BCUT2D eigenvalue weighted by Gasteiger charge is -2.33. The van der Waals surface area contributed by atoms with E-state index in [2.05, 4.69) is 0 Å². The third-order valence-electron chi connectivity index (χ3n) is 4.18. The summed E-state index contributed by atoms with van der Waals surface area (Å²) in [5.74, 6) is -2.13. The molecule has 1 aromatic heterocycles. The average Bonchev–Trinajstić information content (AvgIpc) is 3.12. The van der Waals surface area contributed by atoms with Gasteiger partial charge in [0.2, 0.25) is 0 Å². The van der Waals surface area contributed by atoms with E-state index in [-0.39, 0.29) is 23.1 Å². The first-order chi connectivity index (χ1) is 12.8. The second kappa shape index (κ2) is 7.36. The van der Waals surface area contributed by atoms with Crippen LogP contribution in [0.5, 0.6) is 0 Å². The lowest BCUT2D eigenvalue weighted by Crippen LogP contribution is -2.33. The number of hydrogen-bond donors (Lipinski definition) is 0. The van der Waals surface area contributed by atoms with E-state index in [4.69, 9.17) is 25.8 Å². The molecule has 3 rings (SSSR count). The molecular weight excluding hydrogens is 394 g/mol. The summed E-state index contributed by atoms with van der Waals surface area (Å²) in [6.07, 6.45) is -1.27. The molecule has 1 aromatic rings. The minimum Gasteiger partial charge on any atom is -0.431 e. The van der Waals surface area contributed by atoms with Crippen LogP contribution in [0.25, 0.3) is 0 Å². The van der Waals surface area contributed by atoms with E-state index in [0.717, 1.165) is 0 Å². The van der Waals surface area contributed by atoms with Crippen LogP contribution in [0.1, 0.15) is 38.5 Å². The predicted molar refractivity (Wildman–Crippen MR) is 98.0 cm³/mol. The molecule has 2 aliphatic rings. The third kappa shape index (κ3) is 3.35. The van der Waals surface area contributed by atoms with Gasteiger partial charge in [0, 0.05) is 11.4 Å². The number of likely N-dealkylation sites (N-methyl/N-ethyl adjacent to an activating group) is 1. The first-order valence-electron chi connectivity index (χ1n) is 8.36. The summed E-state index contributed by atoms with van der Waals surface area (Å²) in [4.78, 5) is 39.1. The SMILES string of the molecule is CCN1C(C)=C(OC(=O)OC(C)C)C(c2sccc2Cl)C2=C1C(=O)OC2=O. The smallest absolute Gasteiger partial charge is 0.431 e. The Bertz CT molecular complexity index is 884. The number of allylic oxidation sites excluding steroid dienone is 2. The molecule has 9 heteroatoms. The summed E-state index contributed by atoms with van der Waals surface area (Å²) in [6, 6.07) is 1.68. The van der Waals surface area contributed by atoms with Crippen LogP contribution in [0.15, 0.2) is 34.2 Å². The number of ether oxygens (including phenoxy) is 3. The van der Waals surface area contributed by atoms with Gasteiger partial charge in [-0.2, -0.15) is 0 Å². The Morgan fingerprint density at radius 3 is 2.63 bits per heavy atom. The summed E-state index contributed by atoms with van der Waals surface area (Å²) in [5.41, 5.74) is 0.779. The van der Waals surface area contributed by atoms with Crippen molar-refractivity contribution in [1.29, 1.82) is 0 Å². The van der Waals surface area contributed by atoms with Crippen LogP contribution in [0, 0.1) is 0 Å². The second-order valence-corrected chi connectivity index (χ2v) is 7.57. The Kier molecular flexibility index (Phi) is 5.30. The minimum absolute atomic E-state index is 0.115. The second-order valence-electron chi connectivity index (χ2n) is 6.22. The normalized spacial score (nSPS) is 19.6. The molecule has 0 amide bonds. The van der Waals surface area contributed by atoms with Crippen molar-refractivity contribution in [2.45, 2.75) is 39.7 Å². The van der Waals surface area contributed by atoms with Gasteiger partial charge in [0.15, 0.2) is 0 Å². The van der Waals surface area contributed by atoms with Gasteiger partial charge in [-0.05, 0) is 39.1 Å². The Morgan fingerprint density at radius 2 is 2.07 bits per heavy atom. The summed E-state index contributed by atoms with van der Waals surface area (Å²) in [7, 11) is 0. The molecule has 144 valence electrons. The van der Waals surface area contributed by atoms with Crippen molar-refractivity contribution in [2.24, 2.45) is 0 Å². The fraction of sp³-hybridized carbons (Fsp3) is 0.389. The number of esters is 2. The zero-order valence-corrected chi connectivity index (χ0v) is 16.8. The number of hydrogen-bond acceptors (Lipinski definition) is 8. The topological polar surface area (TPSA) is 82.1 Å². The molecule has 0 N–H and O–H groups in total. The zero-order valence-electron chi connectivity index (χ0n) is 15.2. The number of rotatable bonds is 4. The van der Waals surface area contributed by atoms with E-state index in [0.29, 0.717) is 22.1 Å². The van der Waals surface area contributed by atoms with E-state index < -0.39 is 24.0 Å². The maximum atomic E-state index is 12.5. The van der Waals surface area contributed by atoms with Crippen molar-refractivity contribution < 1.29 is 28.6 Å². The molecule has 27 heavy (non-hydrogen) atoms. The summed E-state index contributed by atoms with van der Waals surface area (Å²) >= 11 is 7.59. The lowest BCUT2D eigenvalue weighted by molar-refractivity contribution is -0.151. The van der Waals surface area contributed by atoms with Gasteiger partial charge in [-0.25, -0.2) is 14.4 Å². The Labute approximate surface area is 165 Å². The highest BCUT2D eigenvalue weighted by Gasteiger charge is 2.48. The highest BCUT2D eigenvalue weighted by atomic mass is 35.5. The Hall–Kier alpha value is -2.32. The van der Waals surface area contributed by atoms with E-state index in [1.807, 2.05) is 6.92 Å². The fourth-order valence-corrected chi connectivity index (χ4v) is 4.41. The molecule has 1 unspecified atom stereocenters. The van der Waals surface area contributed by atoms with Gasteiger partial charge in [-0.15, -0.1) is 11.3 Å². The lowest BCUT2D eigenvalue weighted by atomic mass is 9.89. The van der Waals surface area contributed by atoms with Gasteiger partial charge in [-0.1, -0.05) is 11.6 Å². The maximum absolute atomic E-state index is 12.5. The Balaban J connectivity index is 2.16. The number of carbonyl (C=O) groups excluding carboxylic acids is 3. The van der Waals surface area contributed by atoms with Crippen molar-refractivity contribution in [1.82, 2.24) is 4.90 Å². The maximum Gasteiger partial charge on any atom is 0.513 e. The summed E-state index contributed by atoms with van der Waals surface area (Å²) < 4.78 is 15.4. The van der Waals surface area contributed by atoms with Crippen LogP contribution in [0.2, 0.25) is 5.02 Å². The molecular formula is C18H18ClNO6S. The van der Waals surface area contributed by atoms with Gasteiger partial charge in [-0.3, -0.25) is 0 Å². The molecule has 3 heterocycles.